The second kappa shape index (κ2) is 4.03. The minimum absolute atomic E-state index is 0.00353. The fourth-order valence-electron chi connectivity index (χ4n) is 1.68. The molecule has 0 saturated carbocycles. The summed E-state index contributed by atoms with van der Waals surface area (Å²) in [4.78, 5) is 7.93. The first-order valence-electron chi connectivity index (χ1n) is 5.08. The van der Waals surface area contributed by atoms with Crippen LogP contribution >= 0.6 is 11.6 Å². The first-order valence-corrected chi connectivity index (χ1v) is 5.46. The number of imidazole rings is 1. The Kier molecular flexibility index (Phi) is 2.48. The van der Waals surface area contributed by atoms with Crippen molar-refractivity contribution in [2.24, 2.45) is 0 Å². The van der Waals surface area contributed by atoms with Gasteiger partial charge in [0.25, 0.3) is 0 Å². The van der Waals surface area contributed by atoms with Gasteiger partial charge in [0, 0.05) is 30.2 Å². The summed E-state index contributed by atoms with van der Waals surface area (Å²) in [5, 5.41) is 0.00353. The molecule has 0 aromatic carbocycles. The standard InChI is InChI=1S/C12H6ClF2N3/c13-9-5-18-6-11(17-12(18)2-10(9)15)7-1-8(14)4-16-3-7/h1-6H. The Morgan fingerprint density at radius 2 is 1.94 bits per heavy atom. The highest BCUT2D eigenvalue weighted by Crippen LogP contribution is 2.22. The molecule has 3 aromatic heterocycles. The molecule has 0 aliphatic heterocycles. The highest BCUT2D eigenvalue weighted by molar-refractivity contribution is 6.30. The van der Waals surface area contributed by atoms with Gasteiger partial charge in [-0.15, -0.1) is 0 Å². The topological polar surface area (TPSA) is 30.2 Å². The number of rotatable bonds is 1. The lowest BCUT2D eigenvalue weighted by Gasteiger charge is -1.94. The number of aromatic nitrogens is 3. The van der Waals surface area contributed by atoms with Gasteiger partial charge >= 0.3 is 0 Å². The lowest BCUT2D eigenvalue weighted by Crippen LogP contribution is -1.85. The second-order valence-electron chi connectivity index (χ2n) is 3.75. The summed E-state index contributed by atoms with van der Waals surface area (Å²) in [6, 6.07) is 2.53. The molecule has 0 unspecified atom stereocenters. The van der Waals surface area contributed by atoms with Gasteiger partial charge in [-0.1, -0.05) is 11.6 Å². The van der Waals surface area contributed by atoms with Crippen LogP contribution in [-0.4, -0.2) is 14.4 Å². The van der Waals surface area contributed by atoms with Crippen LogP contribution in [0.25, 0.3) is 16.9 Å². The van der Waals surface area contributed by atoms with E-state index in [0.29, 0.717) is 16.9 Å². The average Bonchev–Trinajstić information content (AvgIpc) is 2.73. The molecule has 18 heavy (non-hydrogen) atoms. The Morgan fingerprint density at radius 3 is 2.72 bits per heavy atom. The van der Waals surface area contributed by atoms with Crippen molar-refractivity contribution in [3.8, 4) is 11.3 Å². The smallest absolute Gasteiger partial charge is 0.146 e. The molecule has 0 N–H and O–H groups in total. The predicted molar refractivity (Wildman–Crippen MR) is 63.3 cm³/mol. The van der Waals surface area contributed by atoms with Gasteiger partial charge in [0.2, 0.25) is 0 Å². The van der Waals surface area contributed by atoms with Gasteiger partial charge in [0.1, 0.15) is 17.3 Å². The van der Waals surface area contributed by atoms with Crippen LogP contribution in [0, 0.1) is 11.6 Å². The molecule has 0 amide bonds. The Hall–Kier alpha value is -2.01. The van der Waals surface area contributed by atoms with Crippen molar-refractivity contribution < 1.29 is 8.78 Å². The molecular formula is C12H6ClF2N3. The number of hydrogen-bond donors (Lipinski definition) is 0. The molecule has 0 atom stereocenters. The average molecular weight is 266 g/mol. The third-order valence-electron chi connectivity index (χ3n) is 2.50. The molecule has 3 rings (SSSR count). The van der Waals surface area contributed by atoms with Crippen molar-refractivity contribution in [3.05, 3.63) is 53.6 Å². The van der Waals surface area contributed by atoms with E-state index >= 15 is 0 Å². The summed E-state index contributed by atoms with van der Waals surface area (Å²) in [6.07, 6.45) is 5.64. The highest BCUT2D eigenvalue weighted by Gasteiger charge is 2.08. The zero-order valence-corrected chi connectivity index (χ0v) is 9.70. The van der Waals surface area contributed by atoms with Gasteiger partial charge in [-0.05, 0) is 6.07 Å². The fourth-order valence-corrected chi connectivity index (χ4v) is 1.83. The molecule has 0 spiro atoms. The van der Waals surface area contributed by atoms with Crippen molar-refractivity contribution in [1.82, 2.24) is 14.4 Å². The summed E-state index contributed by atoms with van der Waals surface area (Å²) in [6.45, 7) is 0. The Morgan fingerprint density at radius 1 is 1.11 bits per heavy atom. The van der Waals surface area contributed by atoms with Gasteiger partial charge < -0.3 is 4.40 Å². The molecule has 3 heterocycles. The summed E-state index contributed by atoms with van der Waals surface area (Å²) in [5.41, 5.74) is 1.43. The minimum atomic E-state index is -0.543. The molecule has 6 heteroatoms. The van der Waals surface area contributed by atoms with E-state index in [1.807, 2.05) is 0 Å². The van der Waals surface area contributed by atoms with Crippen LogP contribution in [-0.2, 0) is 0 Å². The predicted octanol–water partition coefficient (Wildman–Crippen LogP) is 3.33. The fraction of sp³-hybridized carbons (Fsp3) is 0. The molecule has 3 aromatic rings. The summed E-state index contributed by atoms with van der Waals surface area (Å²) < 4.78 is 27.9. The first kappa shape index (κ1) is 11.1. The lowest BCUT2D eigenvalue weighted by molar-refractivity contribution is 0.622. The Labute approximate surface area is 106 Å². The van der Waals surface area contributed by atoms with E-state index in [2.05, 4.69) is 9.97 Å². The van der Waals surface area contributed by atoms with Gasteiger partial charge in [0.15, 0.2) is 0 Å². The third kappa shape index (κ3) is 1.82. The molecule has 0 aliphatic carbocycles. The van der Waals surface area contributed by atoms with Crippen LogP contribution in [0.1, 0.15) is 0 Å². The van der Waals surface area contributed by atoms with Gasteiger partial charge in [-0.3, -0.25) is 4.98 Å². The maximum Gasteiger partial charge on any atom is 0.146 e. The highest BCUT2D eigenvalue weighted by atomic mass is 35.5. The number of halogens is 3. The van der Waals surface area contributed by atoms with Crippen molar-refractivity contribution in [1.29, 1.82) is 0 Å². The maximum atomic E-state index is 13.3. The molecule has 0 bridgehead atoms. The van der Waals surface area contributed by atoms with Crippen molar-refractivity contribution in [2.75, 3.05) is 0 Å². The normalized spacial score (nSPS) is 11.1. The second-order valence-corrected chi connectivity index (χ2v) is 4.16. The molecule has 3 nitrogen and oxygen atoms in total. The zero-order chi connectivity index (χ0) is 12.7. The molecule has 0 fully saturated rings. The SMILES string of the molecule is Fc1cncc(-c2cn3cc(Cl)c(F)cc3n2)c1. The van der Waals surface area contributed by atoms with Crippen molar-refractivity contribution in [2.45, 2.75) is 0 Å². The van der Waals surface area contributed by atoms with Crippen LogP contribution in [0.15, 0.2) is 36.9 Å². The number of pyridine rings is 2. The third-order valence-corrected chi connectivity index (χ3v) is 2.78. The largest absolute Gasteiger partial charge is 0.305 e. The van der Waals surface area contributed by atoms with E-state index in [0.717, 1.165) is 6.20 Å². The van der Waals surface area contributed by atoms with Crippen LogP contribution in [0.2, 0.25) is 5.02 Å². The number of nitrogens with zero attached hydrogens (tertiary/aromatic N) is 3. The summed E-state index contributed by atoms with van der Waals surface area (Å²) in [5.74, 6) is -0.993. The van der Waals surface area contributed by atoms with E-state index in [4.69, 9.17) is 11.6 Å². The zero-order valence-electron chi connectivity index (χ0n) is 8.94. The van der Waals surface area contributed by atoms with Crippen molar-refractivity contribution >= 4 is 17.2 Å². The molecular weight excluding hydrogens is 260 g/mol. The Balaban J connectivity index is 2.19. The van der Waals surface area contributed by atoms with Crippen LogP contribution in [0.3, 0.4) is 0 Å². The number of fused-ring (bicyclic) bond motifs is 1. The van der Waals surface area contributed by atoms with Gasteiger partial charge in [0.05, 0.1) is 16.9 Å². The van der Waals surface area contributed by atoms with E-state index in [9.17, 15) is 8.78 Å². The summed E-state index contributed by atoms with van der Waals surface area (Å²) >= 11 is 5.67. The van der Waals surface area contributed by atoms with Crippen LogP contribution in [0.5, 0.6) is 0 Å². The van der Waals surface area contributed by atoms with Crippen LogP contribution < -0.4 is 0 Å². The first-order chi connectivity index (χ1) is 8.63. The van der Waals surface area contributed by atoms with E-state index < -0.39 is 11.6 Å². The van der Waals surface area contributed by atoms with E-state index in [-0.39, 0.29) is 5.02 Å². The molecule has 0 radical (unpaired) electrons. The lowest BCUT2D eigenvalue weighted by atomic mass is 10.2. The summed E-state index contributed by atoms with van der Waals surface area (Å²) in [7, 11) is 0. The van der Waals surface area contributed by atoms with E-state index in [1.54, 1.807) is 10.6 Å². The number of hydrogen-bond acceptors (Lipinski definition) is 2. The van der Waals surface area contributed by atoms with Gasteiger partial charge in [-0.25, -0.2) is 13.8 Å². The van der Waals surface area contributed by atoms with E-state index in [1.165, 1.54) is 24.5 Å². The molecule has 0 saturated heterocycles. The van der Waals surface area contributed by atoms with Crippen molar-refractivity contribution in [3.63, 3.8) is 0 Å². The quantitative estimate of drug-likeness (QED) is 0.676. The molecule has 0 aliphatic rings. The maximum absolute atomic E-state index is 13.3. The minimum Gasteiger partial charge on any atom is -0.305 e. The Bertz CT molecular complexity index is 700. The monoisotopic (exact) mass is 265 g/mol. The van der Waals surface area contributed by atoms with Crippen LogP contribution in [0.4, 0.5) is 8.78 Å². The van der Waals surface area contributed by atoms with Gasteiger partial charge in [-0.2, -0.15) is 0 Å². The molecule has 90 valence electrons.